The van der Waals surface area contributed by atoms with Crippen LogP contribution in [0.15, 0.2) is 30.3 Å². The lowest BCUT2D eigenvalue weighted by Crippen LogP contribution is -3.15. The van der Waals surface area contributed by atoms with Gasteiger partial charge in [-0.1, -0.05) is 37.5 Å². The molecule has 2 atom stereocenters. The number of rotatable bonds is 3. The lowest BCUT2D eigenvalue weighted by Gasteiger charge is -2.41. The number of hydrogen-bond acceptors (Lipinski definition) is 2. The van der Waals surface area contributed by atoms with Gasteiger partial charge in [-0.15, -0.1) is 0 Å². The van der Waals surface area contributed by atoms with E-state index in [9.17, 15) is 9.59 Å². The molecule has 2 amide bonds. The summed E-state index contributed by atoms with van der Waals surface area (Å²) in [5, 5.41) is 0. The highest BCUT2D eigenvalue weighted by molar-refractivity contribution is 5.94. The molecule has 1 aromatic carbocycles. The molecule has 27 heavy (non-hydrogen) atoms. The fraction of sp³-hybridized carbons (Fsp3) is 0.636. The number of piperazine rings is 1. The van der Waals surface area contributed by atoms with E-state index in [1.807, 2.05) is 35.2 Å². The van der Waals surface area contributed by atoms with Gasteiger partial charge >= 0.3 is 0 Å². The minimum Gasteiger partial charge on any atom is -0.338 e. The fourth-order valence-corrected chi connectivity index (χ4v) is 5.12. The number of hydrogen-bond donors (Lipinski definition) is 1. The molecule has 0 spiro atoms. The van der Waals surface area contributed by atoms with Crippen LogP contribution in [0.2, 0.25) is 0 Å². The smallest absolute Gasteiger partial charge is 0.277 e. The molecule has 2 saturated heterocycles. The molecule has 3 fully saturated rings. The molecule has 4 rings (SSSR count). The first kappa shape index (κ1) is 18.5. The van der Waals surface area contributed by atoms with Gasteiger partial charge in [0.05, 0.1) is 26.2 Å². The summed E-state index contributed by atoms with van der Waals surface area (Å²) in [5.74, 6) is 2.03. The maximum atomic E-state index is 12.8. The van der Waals surface area contributed by atoms with Crippen molar-refractivity contribution in [1.82, 2.24) is 9.80 Å². The lowest BCUT2D eigenvalue weighted by atomic mass is 9.75. The Hall–Kier alpha value is -1.88. The van der Waals surface area contributed by atoms with E-state index in [-0.39, 0.29) is 5.91 Å². The second-order valence-corrected chi connectivity index (χ2v) is 8.52. The molecule has 0 aromatic heterocycles. The molecule has 0 bridgehead atoms. The van der Waals surface area contributed by atoms with Crippen molar-refractivity contribution in [3.63, 3.8) is 0 Å². The lowest BCUT2D eigenvalue weighted by molar-refractivity contribution is -0.896. The van der Waals surface area contributed by atoms with Crippen molar-refractivity contribution in [2.45, 2.75) is 32.1 Å². The molecule has 146 valence electrons. The molecule has 2 aliphatic heterocycles. The van der Waals surface area contributed by atoms with Crippen molar-refractivity contribution in [2.24, 2.45) is 11.8 Å². The predicted octanol–water partition coefficient (Wildman–Crippen LogP) is 1.07. The van der Waals surface area contributed by atoms with Crippen LogP contribution in [-0.4, -0.2) is 67.4 Å². The molecule has 1 aromatic rings. The van der Waals surface area contributed by atoms with Gasteiger partial charge in [0.2, 0.25) is 0 Å². The van der Waals surface area contributed by atoms with Gasteiger partial charge in [0.25, 0.3) is 11.8 Å². The topological polar surface area (TPSA) is 45.1 Å². The Bertz CT molecular complexity index is 655. The van der Waals surface area contributed by atoms with E-state index in [1.165, 1.54) is 37.0 Å². The Morgan fingerprint density at radius 3 is 2.33 bits per heavy atom. The Morgan fingerprint density at radius 1 is 0.889 bits per heavy atom. The molecule has 2 heterocycles. The number of carbonyl (C=O) groups excluding carboxylic acids is 2. The minimum absolute atomic E-state index is 0.111. The molecule has 5 nitrogen and oxygen atoms in total. The van der Waals surface area contributed by atoms with E-state index >= 15 is 0 Å². The van der Waals surface area contributed by atoms with E-state index < -0.39 is 0 Å². The van der Waals surface area contributed by atoms with Gasteiger partial charge in [0.1, 0.15) is 0 Å². The zero-order chi connectivity index (χ0) is 18.6. The number of likely N-dealkylation sites (tertiary alicyclic amines) is 1. The van der Waals surface area contributed by atoms with Crippen molar-refractivity contribution >= 4 is 11.8 Å². The van der Waals surface area contributed by atoms with Crippen LogP contribution in [0.1, 0.15) is 42.5 Å². The number of carbonyl (C=O) groups is 2. The number of benzene rings is 1. The molecule has 1 N–H and O–H groups in total. The number of nitrogens with zero attached hydrogens (tertiary/aromatic N) is 2. The van der Waals surface area contributed by atoms with E-state index in [4.69, 9.17) is 0 Å². The van der Waals surface area contributed by atoms with Crippen molar-refractivity contribution in [3.05, 3.63) is 35.9 Å². The Labute approximate surface area is 162 Å². The summed E-state index contributed by atoms with van der Waals surface area (Å²) in [6.07, 6.45) is 6.60. The van der Waals surface area contributed by atoms with E-state index in [0.29, 0.717) is 12.5 Å². The summed E-state index contributed by atoms with van der Waals surface area (Å²) >= 11 is 0. The first-order valence-corrected chi connectivity index (χ1v) is 10.7. The van der Waals surface area contributed by atoms with Gasteiger partial charge < -0.3 is 14.7 Å². The monoisotopic (exact) mass is 370 g/mol. The Morgan fingerprint density at radius 2 is 1.59 bits per heavy atom. The third-order valence-electron chi connectivity index (χ3n) is 6.82. The first-order chi connectivity index (χ1) is 13.2. The summed E-state index contributed by atoms with van der Waals surface area (Å²) < 4.78 is 0. The molecule has 1 aliphatic carbocycles. The van der Waals surface area contributed by atoms with Crippen molar-refractivity contribution in [1.29, 1.82) is 0 Å². The largest absolute Gasteiger partial charge is 0.338 e. The summed E-state index contributed by atoms with van der Waals surface area (Å²) in [5.41, 5.74) is 0.757. The fourth-order valence-electron chi connectivity index (χ4n) is 5.12. The molecule has 0 radical (unpaired) electrons. The highest BCUT2D eigenvalue weighted by Crippen LogP contribution is 2.35. The highest BCUT2D eigenvalue weighted by Gasteiger charge is 2.34. The van der Waals surface area contributed by atoms with E-state index in [0.717, 1.165) is 56.7 Å². The summed E-state index contributed by atoms with van der Waals surface area (Å²) in [6, 6.07) is 9.49. The normalized spacial score (nSPS) is 26.5. The molecular formula is C22H32N3O2+. The Balaban J connectivity index is 1.24. The molecule has 3 aliphatic rings. The van der Waals surface area contributed by atoms with Crippen LogP contribution in [0.5, 0.6) is 0 Å². The van der Waals surface area contributed by atoms with Crippen molar-refractivity contribution in [3.8, 4) is 0 Å². The third-order valence-corrected chi connectivity index (χ3v) is 6.82. The van der Waals surface area contributed by atoms with Gasteiger partial charge in [-0.25, -0.2) is 0 Å². The van der Waals surface area contributed by atoms with Gasteiger partial charge in [0.15, 0.2) is 6.54 Å². The minimum atomic E-state index is 0.111. The van der Waals surface area contributed by atoms with Crippen LogP contribution in [0.25, 0.3) is 0 Å². The van der Waals surface area contributed by atoms with Crippen LogP contribution in [0.4, 0.5) is 0 Å². The number of nitrogens with one attached hydrogen (secondary N) is 1. The molecular weight excluding hydrogens is 338 g/mol. The summed E-state index contributed by atoms with van der Waals surface area (Å²) in [7, 11) is 0. The van der Waals surface area contributed by atoms with Crippen LogP contribution in [0.3, 0.4) is 0 Å². The molecule has 0 unspecified atom stereocenters. The Kier molecular flexibility index (Phi) is 5.77. The van der Waals surface area contributed by atoms with Crippen LogP contribution < -0.4 is 4.90 Å². The van der Waals surface area contributed by atoms with Gasteiger partial charge in [-0.3, -0.25) is 9.59 Å². The number of piperidine rings is 1. The summed E-state index contributed by atoms with van der Waals surface area (Å²) in [6.45, 7) is 5.72. The molecule has 1 saturated carbocycles. The average Bonchev–Trinajstić information content (AvgIpc) is 2.74. The third kappa shape index (κ3) is 4.34. The zero-order valence-corrected chi connectivity index (χ0v) is 16.2. The van der Waals surface area contributed by atoms with E-state index in [1.54, 1.807) is 0 Å². The zero-order valence-electron chi connectivity index (χ0n) is 16.2. The van der Waals surface area contributed by atoms with Crippen molar-refractivity contribution < 1.29 is 14.5 Å². The standard InChI is InChI=1S/C22H31N3O2/c26-21(25-11-10-18-6-4-5-9-20(18)16-25)17-23-12-14-24(15-13-23)22(27)19-7-2-1-3-8-19/h1-3,7-8,18,20H,4-6,9-17H2/p+1/t18-,20+/m1/s1. The van der Waals surface area contributed by atoms with Crippen molar-refractivity contribution in [2.75, 3.05) is 45.8 Å². The summed E-state index contributed by atoms with van der Waals surface area (Å²) in [4.78, 5) is 30.7. The van der Waals surface area contributed by atoms with Gasteiger partial charge in [0, 0.05) is 18.7 Å². The highest BCUT2D eigenvalue weighted by atomic mass is 16.2. The number of quaternary nitrogens is 1. The van der Waals surface area contributed by atoms with Gasteiger partial charge in [-0.05, 0) is 36.8 Å². The van der Waals surface area contributed by atoms with Crippen LogP contribution in [-0.2, 0) is 4.79 Å². The van der Waals surface area contributed by atoms with Crippen LogP contribution >= 0.6 is 0 Å². The van der Waals surface area contributed by atoms with E-state index in [2.05, 4.69) is 4.90 Å². The second kappa shape index (κ2) is 8.42. The SMILES string of the molecule is O=C(C[NH+]1CCN(C(=O)c2ccccc2)CC1)N1CC[C@H]2CCCC[C@H]2C1. The second-order valence-electron chi connectivity index (χ2n) is 8.52. The average molecular weight is 371 g/mol. The maximum Gasteiger partial charge on any atom is 0.277 e. The quantitative estimate of drug-likeness (QED) is 0.865. The predicted molar refractivity (Wildman–Crippen MR) is 105 cm³/mol. The molecule has 5 heteroatoms. The van der Waals surface area contributed by atoms with Crippen LogP contribution in [0, 0.1) is 11.8 Å². The maximum absolute atomic E-state index is 12.8. The number of fused-ring (bicyclic) bond motifs is 1. The van der Waals surface area contributed by atoms with Gasteiger partial charge in [-0.2, -0.15) is 0 Å². The number of amides is 2. The first-order valence-electron chi connectivity index (χ1n) is 10.7.